The van der Waals surface area contributed by atoms with E-state index in [-0.39, 0.29) is 11.9 Å². The summed E-state index contributed by atoms with van der Waals surface area (Å²) in [6.45, 7) is 1.71. The number of hydrogen-bond acceptors (Lipinski definition) is 4. The highest BCUT2D eigenvalue weighted by molar-refractivity contribution is 6.30. The quantitative estimate of drug-likeness (QED) is 0.783. The van der Waals surface area contributed by atoms with Gasteiger partial charge in [0.1, 0.15) is 11.5 Å². The minimum Gasteiger partial charge on any atom is -0.497 e. The second-order valence-corrected chi connectivity index (χ2v) is 7.08. The van der Waals surface area contributed by atoms with E-state index in [1.807, 2.05) is 42.5 Å². The highest BCUT2D eigenvalue weighted by atomic mass is 35.5. The summed E-state index contributed by atoms with van der Waals surface area (Å²) >= 11 is 5.99. The summed E-state index contributed by atoms with van der Waals surface area (Å²) in [5.74, 6) is 1.62. The first kappa shape index (κ1) is 19.5. The van der Waals surface area contributed by atoms with Gasteiger partial charge in [0.05, 0.1) is 20.8 Å². The first-order valence-electron chi connectivity index (χ1n) is 9.08. The van der Waals surface area contributed by atoms with Gasteiger partial charge in [-0.25, -0.2) is 0 Å². The maximum atomic E-state index is 12.5. The van der Waals surface area contributed by atoms with Crippen LogP contribution in [0.15, 0.2) is 42.5 Å². The van der Waals surface area contributed by atoms with E-state index in [1.165, 1.54) is 0 Å². The van der Waals surface area contributed by atoms with Gasteiger partial charge in [0.15, 0.2) is 0 Å². The van der Waals surface area contributed by atoms with E-state index in [0.29, 0.717) is 18.1 Å². The number of nitrogens with one attached hydrogen (secondary N) is 1. The second-order valence-electron chi connectivity index (χ2n) is 6.64. The smallest absolute Gasteiger partial charge is 0.234 e. The van der Waals surface area contributed by atoms with Crippen LogP contribution in [-0.4, -0.2) is 38.1 Å². The largest absolute Gasteiger partial charge is 0.497 e. The Kier molecular flexibility index (Phi) is 6.58. The molecule has 5 nitrogen and oxygen atoms in total. The monoisotopic (exact) mass is 388 g/mol. The topological polar surface area (TPSA) is 50.8 Å². The van der Waals surface area contributed by atoms with Crippen molar-refractivity contribution < 1.29 is 14.3 Å². The van der Waals surface area contributed by atoms with Gasteiger partial charge in [-0.3, -0.25) is 9.69 Å². The van der Waals surface area contributed by atoms with Gasteiger partial charge in [-0.05, 0) is 55.3 Å². The van der Waals surface area contributed by atoms with Gasteiger partial charge in [-0.2, -0.15) is 0 Å². The van der Waals surface area contributed by atoms with E-state index in [9.17, 15) is 4.79 Å². The highest BCUT2D eigenvalue weighted by Gasteiger charge is 2.30. The van der Waals surface area contributed by atoms with E-state index < -0.39 is 0 Å². The molecule has 2 aromatic rings. The Balaban J connectivity index is 1.65. The number of rotatable bonds is 7. The van der Waals surface area contributed by atoms with E-state index in [2.05, 4.69) is 10.2 Å². The molecular formula is C21H25ClN2O3. The minimum atomic E-state index is 0.00346. The van der Waals surface area contributed by atoms with Gasteiger partial charge in [0.2, 0.25) is 5.91 Å². The van der Waals surface area contributed by atoms with Crippen molar-refractivity contribution in [2.45, 2.75) is 25.4 Å². The van der Waals surface area contributed by atoms with Gasteiger partial charge in [-0.15, -0.1) is 0 Å². The lowest BCUT2D eigenvalue weighted by Gasteiger charge is -2.26. The minimum absolute atomic E-state index is 0.00346. The zero-order valence-electron chi connectivity index (χ0n) is 15.7. The Bertz CT molecular complexity index is 797. The molecule has 1 aliphatic heterocycles. The van der Waals surface area contributed by atoms with Crippen LogP contribution in [0.3, 0.4) is 0 Å². The number of amides is 1. The summed E-state index contributed by atoms with van der Waals surface area (Å²) in [6, 6.07) is 13.5. The maximum absolute atomic E-state index is 12.5. The van der Waals surface area contributed by atoms with Crippen molar-refractivity contribution in [3.8, 4) is 11.5 Å². The number of hydrogen-bond donors (Lipinski definition) is 1. The molecule has 3 rings (SSSR count). The van der Waals surface area contributed by atoms with Crippen molar-refractivity contribution in [1.82, 2.24) is 10.2 Å². The summed E-state index contributed by atoms with van der Waals surface area (Å²) in [5, 5.41) is 3.65. The molecular weight excluding hydrogens is 364 g/mol. The molecule has 6 heteroatoms. The molecule has 0 saturated carbocycles. The van der Waals surface area contributed by atoms with Crippen LogP contribution in [0.4, 0.5) is 0 Å². The molecule has 0 bridgehead atoms. The summed E-state index contributed by atoms with van der Waals surface area (Å²) in [5.41, 5.74) is 2.06. The molecule has 1 N–H and O–H groups in total. The Morgan fingerprint density at radius 3 is 2.81 bits per heavy atom. The number of carbonyl (C=O) groups excluding carboxylic acids is 1. The molecule has 0 radical (unpaired) electrons. The predicted octanol–water partition coefficient (Wildman–Crippen LogP) is 3.81. The fraction of sp³-hybridized carbons (Fsp3) is 0.381. The fourth-order valence-electron chi connectivity index (χ4n) is 3.56. The van der Waals surface area contributed by atoms with E-state index >= 15 is 0 Å². The molecule has 0 unspecified atom stereocenters. The van der Waals surface area contributed by atoms with Crippen LogP contribution >= 0.6 is 11.6 Å². The Morgan fingerprint density at radius 2 is 2.07 bits per heavy atom. The number of ether oxygens (including phenoxy) is 2. The van der Waals surface area contributed by atoms with Crippen LogP contribution in [0.2, 0.25) is 5.02 Å². The maximum Gasteiger partial charge on any atom is 0.234 e. The zero-order chi connectivity index (χ0) is 19.2. The van der Waals surface area contributed by atoms with Crippen molar-refractivity contribution in [1.29, 1.82) is 0 Å². The molecule has 1 fully saturated rings. The normalized spacial score (nSPS) is 16.9. The second kappa shape index (κ2) is 9.11. The fourth-order valence-corrected chi connectivity index (χ4v) is 3.77. The van der Waals surface area contributed by atoms with E-state index in [0.717, 1.165) is 42.0 Å². The molecule has 1 saturated heterocycles. The summed E-state index contributed by atoms with van der Waals surface area (Å²) in [7, 11) is 3.32. The van der Waals surface area contributed by atoms with Crippen molar-refractivity contribution in [2.75, 3.05) is 27.3 Å². The van der Waals surface area contributed by atoms with Gasteiger partial charge in [-0.1, -0.05) is 23.7 Å². The van der Waals surface area contributed by atoms with Crippen LogP contribution in [0.5, 0.6) is 11.5 Å². The van der Waals surface area contributed by atoms with Crippen LogP contribution in [0.1, 0.15) is 30.0 Å². The molecule has 2 aromatic carbocycles. The molecule has 0 aliphatic carbocycles. The lowest BCUT2D eigenvalue weighted by molar-refractivity contribution is -0.122. The predicted molar refractivity (Wildman–Crippen MR) is 106 cm³/mol. The van der Waals surface area contributed by atoms with Crippen LogP contribution in [0, 0.1) is 0 Å². The Labute approximate surface area is 165 Å². The third kappa shape index (κ3) is 4.93. The summed E-state index contributed by atoms with van der Waals surface area (Å²) in [6.07, 6.45) is 2.04. The van der Waals surface area contributed by atoms with Crippen molar-refractivity contribution in [2.24, 2.45) is 0 Å². The average Bonchev–Trinajstić information content (AvgIpc) is 3.13. The molecule has 144 valence electrons. The number of methoxy groups -OCH3 is 2. The van der Waals surface area contributed by atoms with Gasteiger partial charge < -0.3 is 14.8 Å². The van der Waals surface area contributed by atoms with Gasteiger partial charge >= 0.3 is 0 Å². The number of halogens is 1. The van der Waals surface area contributed by atoms with Crippen LogP contribution in [0.25, 0.3) is 0 Å². The highest BCUT2D eigenvalue weighted by Crippen LogP contribution is 2.38. The Hall–Kier alpha value is -2.24. The van der Waals surface area contributed by atoms with Crippen LogP contribution in [-0.2, 0) is 11.3 Å². The third-order valence-electron chi connectivity index (χ3n) is 4.88. The summed E-state index contributed by atoms with van der Waals surface area (Å²) < 4.78 is 10.9. The molecule has 0 spiro atoms. The zero-order valence-corrected chi connectivity index (χ0v) is 16.5. The van der Waals surface area contributed by atoms with Crippen molar-refractivity contribution in [3.05, 3.63) is 58.6 Å². The molecule has 0 aromatic heterocycles. The molecule has 1 heterocycles. The van der Waals surface area contributed by atoms with Crippen molar-refractivity contribution >= 4 is 17.5 Å². The van der Waals surface area contributed by atoms with Gasteiger partial charge in [0.25, 0.3) is 0 Å². The molecule has 1 aliphatic rings. The summed E-state index contributed by atoms with van der Waals surface area (Å²) in [4.78, 5) is 14.7. The first-order valence-corrected chi connectivity index (χ1v) is 9.45. The van der Waals surface area contributed by atoms with Gasteiger partial charge in [0, 0.05) is 23.2 Å². The molecule has 27 heavy (non-hydrogen) atoms. The van der Waals surface area contributed by atoms with Crippen molar-refractivity contribution in [3.63, 3.8) is 0 Å². The van der Waals surface area contributed by atoms with Crippen LogP contribution < -0.4 is 14.8 Å². The first-order chi connectivity index (χ1) is 13.1. The number of nitrogens with zero attached hydrogens (tertiary/aromatic N) is 1. The van der Waals surface area contributed by atoms with E-state index in [4.69, 9.17) is 21.1 Å². The SMILES string of the molecule is COc1ccc(OC)c([C@@H]2CCCN2CC(=O)NCc2cccc(Cl)c2)c1. The lowest BCUT2D eigenvalue weighted by atomic mass is 10.0. The Morgan fingerprint density at radius 1 is 1.22 bits per heavy atom. The third-order valence-corrected chi connectivity index (χ3v) is 5.12. The molecule has 1 amide bonds. The molecule has 1 atom stereocenters. The standard InChI is InChI=1S/C21H25ClN2O3/c1-26-17-8-9-20(27-2)18(12-17)19-7-4-10-24(19)14-21(25)23-13-15-5-3-6-16(22)11-15/h3,5-6,8-9,11-12,19H,4,7,10,13-14H2,1-2H3,(H,23,25)/t19-/m0/s1. The number of likely N-dealkylation sites (tertiary alicyclic amines) is 1. The number of carbonyl (C=O) groups is 1. The van der Waals surface area contributed by atoms with E-state index in [1.54, 1.807) is 14.2 Å². The average molecular weight is 389 g/mol. The lowest BCUT2D eigenvalue weighted by Crippen LogP contribution is -2.36. The number of benzene rings is 2.